The largest absolute Gasteiger partial charge is 0.487 e. The molecular formula is C17H24O2. The van der Waals surface area contributed by atoms with Crippen molar-refractivity contribution < 1.29 is 9.84 Å². The topological polar surface area (TPSA) is 29.5 Å². The Balaban J connectivity index is 1.67. The second-order valence-corrected chi connectivity index (χ2v) is 6.64. The fourth-order valence-electron chi connectivity index (χ4n) is 3.99. The molecule has 1 N–H and O–H groups in total. The Kier molecular flexibility index (Phi) is 3.53. The lowest BCUT2D eigenvalue weighted by Crippen LogP contribution is -2.40. The normalized spacial score (nSPS) is 35.5. The van der Waals surface area contributed by atoms with Gasteiger partial charge in [0.15, 0.2) is 0 Å². The van der Waals surface area contributed by atoms with Crippen LogP contribution in [0.1, 0.15) is 38.7 Å². The molecular weight excluding hydrogens is 236 g/mol. The van der Waals surface area contributed by atoms with Crippen LogP contribution in [-0.2, 0) is 6.42 Å². The van der Waals surface area contributed by atoms with Crippen LogP contribution in [0.15, 0.2) is 24.3 Å². The molecule has 2 nitrogen and oxygen atoms in total. The van der Waals surface area contributed by atoms with Crippen LogP contribution < -0.4 is 4.74 Å². The summed E-state index contributed by atoms with van der Waals surface area (Å²) in [5.74, 6) is 2.82. The number of aliphatic hydroxyl groups excluding tert-OH is 1. The number of fused-ring (bicyclic) bond motifs is 1. The molecule has 1 aromatic carbocycles. The van der Waals surface area contributed by atoms with E-state index in [0.29, 0.717) is 5.92 Å². The molecule has 0 aromatic heterocycles. The van der Waals surface area contributed by atoms with E-state index in [9.17, 15) is 5.11 Å². The maximum atomic E-state index is 10.7. The molecule has 0 radical (unpaired) electrons. The molecule has 0 amide bonds. The van der Waals surface area contributed by atoms with E-state index in [-0.39, 0.29) is 12.2 Å². The van der Waals surface area contributed by atoms with Gasteiger partial charge in [-0.1, -0.05) is 32.0 Å². The average molecular weight is 260 g/mol. The summed E-state index contributed by atoms with van der Waals surface area (Å²) in [6.45, 7) is 4.61. The van der Waals surface area contributed by atoms with E-state index in [2.05, 4.69) is 19.9 Å². The van der Waals surface area contributed by atoms with Gasteiger partial charge in [-0.3, -0.25) is 0 Å². The molecule has 1 saturated carbocycles. The van der Waals surface area contributed by atoms with Crippen molar-refractivity contribution in [1.29, 1.82) is 0 Å². The first-order valence-electron chi connectivity index (χ1n) is 7.56. The average Bonchev–Trinajstić information content (AvgIpc) is 2.80. The minimum Gasteiger partial charge on any atom is -0.487 e. The molecule has 1 aliphatic heterocycles. The van der Waals surface area contributed by atoms with Gasteiger partial charge in [0.2, 0.25) is 0 Å². The van der Waals surface area contributed by atoms with Gasteiger partial charge in [-0.25, -0.2) is 0 Å². The van der Waals surface area contributed by atoms with E-state index in [1.54, 1.807) is 0 Å². The Morgan fingerprint density at radius 2 is 1.79 bits per heavy atom. The summed E-state index contributed by atoms with van der Waals surface area (Å²) in [5, 5.41) is 10.7. The van der Waals surface area contributed by atoms with E-state index >= 15 is 0 Å². The zero-order valence-corrected chi connectivity index (χ0v) is 11.9. The molecule has 0 spiro atoms. The van der Waals surface area contributed by atoms with Gasteiger partial charge in [-0.05, 0) is 48.6 Å². The van der Waals surface area contributed by atoms with Crippen LogP contribution in [0.5, 0.6) is 5.75 Å². The quantitative estimate of drug-likeness (QED) is 0.883. The fraction of sp³-hybridized carbons (Fsp3) is 0.647. The van der Waals surface area contributed by atoms with Crippen molar-refractivity contribution in [2.45, 2.75) is 51.7 Å². The maximum Gasteiger partial charge on any atom is 0.129 e. The van der Waals surface area contributed by atoms with Crippen molar-refractivity contribution in [2.75, 3.05) is 0 Å². The van der Waals surface area contributed by atoms with Crippen LogP contribution in [0.3, 0.4) is 0 Å². The molecule has 104 valence electrons. The number of hydrogen-bond donors (Lipinski definition) is 1. The third kappa shape index (κ3) is 2.64. The molecule has 2 aliphatic rings. The molecule has 4 unspecified atom stereocenters. The van der Waals surface area contributed by atoms with Crippen molar-refractivity contribution in [3.05, 3.63) is 29.8 Å². The number of rotatable bonds is 2. The smallest absolute Gasteiger partial charge is 0.129 e. The number of ether oxygens (including phenoxy) is 1. The highest BCUT2D eigenvalue weighted by Crippen LogP contribution is 2.38. The third-order valence-electron chi connectivity index (χ3n) is 4.75. The van der Waals surface area contributed by atoms with E-state index in [1.165, 1.54) is 12.0 Å². The van der Waals surface area contributed by atoms with Crippen LogP contribution in [-0.4, -0.2) is 17.3 Å². The second-order valence-electron chi connectivity index (χ2n) is 6.64. The van der Waals surface area contributed by atoms with E-state index in [4.69, 9.17) is 4.74 Å². The SMILES string of the molecule is CC1CC(C)CC(C(O)C2Cc3ccccc3O2)C1. The monoisotopic (exact) mass is 260 g/mol. The van der Waals surface area contributed by atoms with Crippen LogP contribution in [0.2, 0.25) is 0 Å². The first-order valence-corrected chi connectivity index (χ1v) is 7.56. The lowest BCUT2D eigenvalue weighted by Gasteiger charge is -2.36. The standard InChI is InChI=1S/C17H24O2/c1-11-7-12(2)9-14(8-11)17(18)16-10-13-5-3-4-6-15(13)19-16/h3-6,11-12,14,16-18H,7-10H2,1-2H3. The van der Waals surface area contributed by atoms with Gasteiger partial charge in [0.25, 0.3) is 0 Å². The molecule has 0 bridgehead atoms. The Morgan fingerprint density at radius 3 is 2.47 bits per heavy atom. The van der Waals surface area contributed by atoms with Crippen LogP contribution in [0.25, 0.3) is 0 Å². The molecule has 3 rings (SSSR count). The van der Waals surface area contributed by atoms with Crippen molar-refractivity contribution >= 4 is 0 Å². The first-order chi connectivity index (χ1) is 9.13. The zero-order valence-electron chi connectivity index (χ0n) is 11.9. The summed E-state index contributed by atoms with van der Waals surface area (Å²) >= 11 is 0. The van der Waals surface area contributed by atoms with E-state index in [1.807, 2.05) is 18.2 Å². The van der Waals surface area contributed by atoms with Gasteiger partial charge in [0, 0.05) is 6.42 Å². The summed E-state index contributed by atoms with van der Waals surface area (Å²) in [6.07, 6.45) is 4.08. The summed E-state index contributed by atoms with van der Waals surface area (Å²) in [4.78, 5) is 0. The maximum absolute atomic E-state index is 10.7. The number of benzene rings is 1. The highest BCUT2D eigenvalue weighted by atomic mass is 16.5. The number of aliphatic hydroxyl groups is 1. The lowest BCUT2D eigenvalue weighted by molar-refractivity contribution is -0.0179. The zero-order chi connectivity index (χ0) is 13.4. The molecule has 2 heteroatoms. The minimum atomic E-state index is -0.322. The van der Waals surface area contributed by atoms with Gasteiger partial charge >= 0.3 is 0 Å². The second kappa shape index (κ2) is 5.16. The van der Waals surface area contributed by atoms with Crippen molar-refractivity contribution in [3.63, 3.8) is 0 Å². The Morgan fingerprint density at radius 1 is 1.11 bits per heavy atom. The van der Waals surface area contributed by atoms with Gasteiger partial charge < -0.3 is 9.84 Å². The summed E-state index contributed by atoms with van der Waals surface area (Å²) in [5.41, 5.74) is 1.24. The van der Waals surface area contributed by atoms with Gasteiger partial charge in [0.1, 0.15) is 11.9 Å². The minimum absolute atomic E-state index is 0.0418. The fourth-order valence-corrected chi connectivity index (χ4v) is 3.99. The van der Waals surface area contributed by atoms with Crippen molar-refractivity contribution in [1.82, 2.24) is 0 Å². The predicted octanol–water partition coefficient (Wildman–Crippen LogP) is 3.42. The highest BCUT2D eigenvalue weighted by molar-refractivity contribution is 5.37. The highest BCUT2D eigenvalue weighted by Gasteiger charge is 2.37. The van der Waals surface area contributed by atoms with E-state index in [0.717, 1.165) is 36.8 Å². The van der Waals surface area contributed by atoms with Crippen LogP contribution in [0.4, 0.5) is 0 Å². The lowest BCUT2D eigenvalue weighted by atomic mass is 9.73. The number of para-hydroxylation sites is 1. The predicted molar refractivity (Wildman–Crippen MR) is 76.2 cm³/mol. The van der Waals surface area contributed by atoms with Crippen molar-refractivity contribution in [3.8, 4) is 5.75 Å². The van der Waals surface area contributed by atoms with Crippen molar-refractivity contribution in [2.24, 2.45) is 17.8 Å². The molecule has 1 heterocycles. The van der Waals surface area contributed by atoms with Crippen LogP contribution >= 0.6 is 0 Å². The van der Waals surface area contributed by atoms with E-state index < -0.39 is 0 Å². The summed E-state index contributed by atoms with van der Waals surface area (Å²) in [7, 11) is 0. The van der Waals surface area contributed by atoms with Gasteiger partial charge in [-0.15, -0.1) is 0 Å². The summed E-state index contributed by atoms with van der Waals surface area (Å²) < 4.78 is 5.94. The van der Waals surface area contributed by atoms with Gasteiger partial charge in [0.05, 0.1) is 6.10 Å². The molecule has 1 fully saturated rings. The molecule has 1 aromatic rings. The molecule has 4 atom stereocenters. The van der Waals surface area contributed by atoms with Crippen LogP contribution in [0, 0.1) is 17.8 Å². The summed E-state index contributed by atoms with van der Waals surface area (Å²) in [6, 6.07) is 8.16. The molecule has 19 heavy (non-hydrogen) atoms. The van der Waals surface area contributed by atoms with Gasteiger partial charge in [-0.2, -0.15) is 0 Å². The Bertz CT molecular complexity index is 408. The molecule has 1 aliphatic carbocycles. The Hall–Kier alpha value is -1.02. The third-order valence-corrected chi connectivity index (χ3v) is 4.75. The first kappa shape index (κ1) is 13.0. The Labute approximate surface area is 115 Å². The molecule has 0 saturated heterocycles. The number of hydrogen-bond acceptors (Lipinski definition) is 2.